The molecule has 1 heteroatoms. The monoisotopic (exact) mass is 223 g/mol. The third-order valence-electron chi connectivity index (χ3n) is 4.79. The van der Waals surface area contributed by atoms with Crippen LogP contribution in [0.15, 0.2) is 0 Å². The molecule has 2 saturated carbocycles. The Morgan fingerprint density at radius 2 is 1.69 bits per heavy atom. The first-order valence-electron chi connectivity index (χ1n) is 7.51. The van der Waals surface area contributed by atoms with Crippen molar-refractivity contribution in [3.8, 4) is 0 Å². The minimum atomic E-state index is 0.760. The van der Waals surface area contributed by atoms with Crippen LogP contribution in [0.25, 0.3) is 0 Å². The van der Waals surface area contributed by atoms with E-state index in [4.69, 9.17) is 0 Å². The number of nitrogens with one attached hydrogen (secondary N) is 1. The quantitative estimate of drug-likeness (QED) is 0.759. The second-order valence-corrected chi connectivity index (χ2v) is 6.32. The molecule has 94 valence electrons. The predicted molar refractivity (Wildman–Crippen MR) is 70.6 cm³/mol. The lowest BCUT2D eigenvalue weighted by atomic mass is 9.82. The third-order valence-corrected chi connectivity index (χ3v) is 4.79. The maximum atomic E-state index is 3.92. The fourth-order valence-corrected chi connectivity index (χ4v) is 3.73. The summed E-state index contributed by atoms with van der Waals surface area (Å²) in [7, 11) is 0. The first kappa shape index (κ1) is 12.4. The van der Waals surface area contributed by atoms with Gasteiger partial charge in [-0.25, -0.2) is 0 Å². The van der Waals surface area contributed by atoms with Gasteiger partial charge in [0.2, 0.25) is 0 Å². The molecule has 16 heavy (non-hydrogen) atoms. The Kier molecular flexibility index (Phi) is 4.69. The van der Waals surface area contributed by atoms with E-state index in [-0.39, 0.29) is 0 Å². The smallest absolute Gasteiger partial charge is 0.00721 e. The van der Waals surface area contributed by atoms with Crippen LogP contribution in [-0.2, 0) is 0 Å². The SMILES string of the molecule is CC1CCCC(N[C@@H](C)C2CCCCC2)C1. The summed E-state index contributed by atoms with van der Waals surface area (Å²) in [6.45, 7) is 4.84. The van der Waals surface area contributed by atoms with Crippen molar-refractivity contribution >= 4 is 0 Å². The fourth-order valence-electron chi connectivity index (χ4n) is 3.73. The maximum absolute atomic E-state index is 3.92. The second kappa shape index (κ2) is 6.05. The summed E-state index contributed by atoms with van der Waals surface area (Å²) in [5.74, 6) is 1.91. The van der Waals surface area contributed by atoms with Gasteiger partial charge in [0, 0.05) is 12.1 Å². The summed E-state index contributed by atoms with van der Waals surface area (Å²) in [5, 5.41) is 3.92. The van der Waals surface area contributed by atoms with E-state index < -0.39 is 0 Å². The summed E-state index contributed by atoms with van der Waals surface area (Å²) < 4.78 is 0. The Balaban J connectivity index is 1.74. The summed E-state index contributed by atoms with van der Waals surface area (Å²) in [4.78, 5) is 0. The molecule has 2 fully saturated rings. The minimum Gasteiger partial charge on any atom is -0.311 e. The van der Waals surface area contributed by atoms with Crippen molar-refractivity contribution in [2.24, 2.45) is 11.8 Å². The van der Waals surface area contributed by atoms with Gasteiger partial charge in [0.25, 0.3) is 0 Å². The molecule has 2 aliphatic rings. The lowest BCUT2D eigenvalue weighted by molar-refractivity contribution is 0.225. The molecule has 0 radical (unpaired) electrons. The van der Waals surface area contributed by atoms with E-state index in [0.29, 0.717) is 0 Å². The van der Waals surface area contributed by atoms with Crippen LogP contribution >= 0.6 is 0 Å². The fraction of sp³-hybridized carbons (Fsp3) is 1.00. The number of hydrogen-bond donors (Lipinski definition) is 1. The molecule has 2 rings (SSSR count). The molecule has 0 aromatic carbocycles. The average Bonchev–Trinajstić information content (AvgIpc) is 2.30. The van der Waals surface area contributed by atoms with Crippen molar-refractivity contribution in [2.75, 3.05) is 0 Å². The minimum absolute atomic E-state index is 0.760. The van der Waals surface area contributed by atoms with Gasteiger partial charge in [-0.05, 0) is 44.4 Å². The first-order valence-corrected chi connectivity index (χ1v) is 7.51. The highest BCUT2D eigenvalue weighted by Crippen LogP contribution is 2.29. The second-order valence-electron chi connectivity index (χ2n) is 6.32. The van der Waals surface area contributed by atoms with Gasteiger partial charge >= 0.3 is 0 Å². The van der Waals surface area contributed by atoms with Crippen LogP contribution in [0.5, 0.6) is 0 Å². The maximum Gasteiger partial charge on any atom is 0.00721 e. The van der Waals surface area contributed by atoms with Crippen LogP contribution < -0.4 is 5.32 Å². The van der Waals surface area contributed by atoms with Crippen LogP contribution in [0.4, 0.5) is 0 Å². The van der Waals surface area contributed by atoms with Crippen molar-refractivity contribution in [1.29, 1.82) is 0 Å². The molecule has 0 bridgehead atoms. The van der Waals surface area contributed by atoms with Crippen LogP contribution in [-0.4, -0.2) is 12.1 Å². The first-order chi connectivity index (χ1) is 7.75. The Morgan fingerprint density at radius 3 is 2.38 bits per heavy atom. The topological polar surface area (TPSA) is 12.0 Å². The number of hydrogen-bond acceptors (Lipinski definition) is 1. The van der Waals surface area contributed by atoms with Gasteiger partial charge < -0.3 is 5.32 Å². The van der Waals surface area contributed by atoms with Crippen molar-refractivity contribution in [2.45, 2.75) is 83.7 Å². The van der Waals surface area contributed by atoms with Gasteiger partial charge in [-0.1, -0.05) is 39.0 Å². The summed E-state index contributed by atoms with van der Waals surface area (Å²) in [5.41, 5.74) is 0. The Labute approximate surface area is 101 Å². The Bertz CT molecular complexity index is 196. The molecule has 1 N–H and O–H groups in total. The molecule has 0 spiro atoms. The largest absolute Gasteiger partial charge is 0.311 e. The van der Waals surface area contributed by atoms with E-state index in [2.05, 4.69) is 19.2 Å². The summed E-state index contributed by atoms with van der Waals surface area (Å²) in [6.07, 6.45) is 13.1. The molecular formula is C15H29N. The molecule has 0 saturated heterocycles. The molecule has 0 aliphatic heterocycles. The van der Waals surface area contributed by atoms with Gasteiger partial charge in [-0.3, -0.25) is 0 Å². The average molecular weight is 223 g/mol. The molecule has 2 aliphatic carbocycles. The Hall–Kier alpha value is -0.0400. The number of rotatable bonds is 3. The highest BCUT2D eigenvalue weighted by Gasteiger charge is 2.24. The van der Waals surface area contributed by atoms with Crippen molar-refractivity contribution < 1.29 is 0 Å². The summed E-state index contributed by atoms with van der Waals surface area (Å²) >= 11 is 0. The van der Waals surface area contributed by atoms with E-state index in [1.165, 1.54) is 57.8 Å². The van der Waals surface area contributed by atoms with E-state index in [0.717, 1.165) is 23.9 Å². The predicted octanol–water partition coefficient (Wildman–Crippen LogP) is 4.12. The van der Waals surface area contributed by atoms with Crippen molar-refractivity contribution in [3.05, 3.63) is 0 Å². The zero-order valence-corrected chi connectivity index (χ0v) is 11.2. The molecule has 0 aromatic rings. The van der Waals surface area contributed by atoms with Crippen LogP contribution in [0.2, 0.25) is 0 Å². The molecule has 2 unspecified atom stereocenters. The molecule has 0 aromatic heterocycles. The van der Waals surface area contributed by atoms with Gasteiger partial charge in [-0.15, -0.1) is 0 Å². The summed E-state index contributed by atoms with van der Waals surface area (Å²) in [6, 6.07) is 1.58. The standard InChI is InChI=1S/C15H29N/c1-12-7-6-10-15(11-12)16-13(2)14-8-4-3-5-9-14/h12-16H,3-11H2,1-2H3/t12?,13-,15?/m0/s1. The highest BCUT2D eigenvalue weighted by atomic mass is 15.0. The molecule has 0 amide bonds. The molecular weight excluding hydrogens is 194 g/mol. The van der Waals surface area contributed by atoms with Gasteiger partial charge in [-0.2, -0.15) is 0 Å². The molecule has 0 heterocycles. The molecule has 3 atom stereocenters. The third kappa shape index (κ3) is 3.48. The van der Waals surface area contributed by atoms with Gasteiger partial charge in [0.05, 0.1) is 0 Å². The van der Waals surface area contributed by atoms with E-state index in [1.54, 1.807) is 0 Å². The van der Waals surface area contributed by atoms with Crippen LogP contribution in [0, 0.1) is 11.8 Å². The van der Waals surface area contributed by atoms with E-state index in [9.17, 15) is 0 Å². The highest BCUT2D eigenvalue weighted by molar-refractivity contribution is 4.82. The van der Waals surface area contributed by atoms with E-state index in [1.807, 2.05) is 0 Å². The van der Waals surface area contributed by atoms with Crippen LogP contribution in [0.3, 0.4) is 0 Å². The zero-order chi connectivity index (χ0) is 11.4. The van der Waals surface area contributed by atoms with Crippen molar-refractivity contribution in [1.82, 2.24) is 5.32 Å². The van der Waals surface area contributed by atoms with Crippen LogP contribution in [0.1, 0.15) is 71.6 Å². The Morgan fingerprint density at radius 1 is 0.938 bits per heavy atom. The lowest BCUT2D eigenvalue weighted by Crippen LogP contribution is -2.43. The van der Waals surface area contributed by atoms with Gasteiger partial charge in [0.15, 0.2) is 0 Å². The van der Waals surface area contributed by atoms with Gasteiger partial charge in [0.1, 0.15) is 0 Å². The van der Waals surface area contributed by atoms with E-state index >= 15 is 0 Å². The van der Waals surface area contributed by atoms with Crippen molar-refractivity contribution in [3.63, 3.8) is 0 Å². The lowest BCUT2D eigenvalue weighted by Gasteiger charge is -2.34. The normalized spacial score (nSPS) is 34.9. The zero-order valence-electron chi connectivity index (χ0n) is 11.2. The molecule has 1 nitrogen and oxygen atoms in total.